The lowest BCUT2D eigenvalue weighted by molar-refractivity contribution is 0.0623. The third kappa shape index (κ3) is 4.61. The first kappa shape index (κ1) is 17.8. The second kappa shape index (κ2) is 8.90. The highest BCUT2D eigenvalue weighted by Gasteiger charge is 2.26. The zero-order valence-corrected chi connectivity index (χ0v) is 13.4. The molecule has 1 aliphatic rings. The Labute approximate surface area is 133 Å². The van der Waals surface area contributed by atoms with E-state index in [0.717, 1.165) is 38.0 Å². The highest BCUT2D eigenvalue weighted by Crippen LogP contribution is 2.21. The first-order chi connectivity index (χ1) is 9.76. The Morgan fingerprint density at radius 2 is 2.24 bits per heavy atom. The molecule has 21 heavy (non-hydrogen) atoms. The van der Waals surface area contributed by atoms with Gasteiger partial charge in [-0.25, -0.2) is 0 Å². The lowest BCUT2D eigenvalue weighted by atomic mass is 10.0. The summed E-state index contributed by atoms with van der Waals surface area (Å²) in [5.74, 6) is 0.834. The predicted molar refractivity (Wildman–Crippen MR) is 87.2 cm³/mol. The minimum atomic E-state index is 0. The van der Waals surface area contributed by atoms with Gasteiger partial charge in [0, 0.05) is 24.7 Å². The quantitative estimate of drug-likeness (QED) is 0.909. The lowest BCUT2D eigenvalue weighted by Gasteiger charge is -2.35. The van der Waals surface area contributed by atoms with E-state index in [1.807, 2.05) is 29.2 Å². The number of hydrogen-bond acceptors (Lipinski definition) is 3. The van der Waals surface area contributed by atoms with E-state index in [1.54, 1.807) is 0 Å². The fraction of sp³-hybridized carbons (Fsp3) is 0.562. The molecule has 2 N–H and O–H groups in total. The van der Waals surface area contributed by atoms with Crippen molar-refractivity contribution in [1.82, 2.24) is 4.90 Å². The standard InChI is InChI=1S/C16H24N2O2.ClH/c1-2-10-20-15-8-5-6-13(11-15)16(19)18-9-4-3-7-14(18)12-17;/h5-6,8,11,14H,2-4,7,9-10,12,17H2,1H3;1H. The maximum Gasteiger partial charge on any atom is 0.254 e. The first-order valence-electron chi connectivity index (χ1n) is 7.50. The molecule has 1 saturated heterocycles. The Kier molecular flexibility index (Phi) is 7.54. The molecule has 0 aliphatic carbocycles. The van der Waals surface area contributed by atoms with Gasteiger partial charge in [0.05, 0.1) is 6.61 Å². The zero-order valence-electron chi connectivity index (χ0n) is 12.6. The summed E-state index contributed by atoms with van der Waals surface area (Å²) in [6.45, 7) is 4.08. The molecule has 1 fully saturated rings. The molecule has 2 rings (SSSR count). The number of likely N-dealkylation sites (tertiary alicyclic amines) is 1. The van der Waals surface area contributed by atoms with Crippen molar-refractivity contribution in [2.45, 2.75) is 38.6 Å². The highest BCUT2D eigenvalue weighted by molar-refractivity contribution is 5.94. The number of carbonyl (C=O) groups is 1. The number of benzene rings is 1. The highest BCUT2D eigenvalue weighted by atomic mass is 35.5. The lowest BCUT2D eigenvalue weighted by Crippen LogP contribution is -2.47. The summed E-state index contributed by atoms with van der Waals surface area (Å²) in [5, 5.41) is 0. The number of amides is 1. The maximum atomic E-state index is 12.6. The van der Waals surface area contributed by atoms with Crippen LogP contribution in [0.4, 0.5) is 0 Å². The molecule has 1 heterocycles. The molecule has 5 heteroatoms. The van der Waals surface area contributed by atoms with Crippen molar-refractivity contribution in [3.8, 4) is 5.75 Å². The van der Waals surface area contributed by atoms with Crippen LogP contribution in [0.25, 0.3) is 0 Å². The summed E-state index contributed by atoms with van der Waals surface area (Å²) in [5.41, 5.74) is 6.48. The van der Waals surface area contributed by atoms with Crippen LogP contribution in [0.2, 0.25) is 0 Å². The van der Waals surface area contributed by atoms with Crippen LogP contribution in [0.5, 0.6) is 5.75 Å². The van der Waals surface area contributed by atoms with Gasteiger partial charge in [0.25, 0.3) is 5.91 Å². The number of piperidine rings is 1. The van der Waals surface area contributed by atoms with E-state index in [4.69, 9.17) is 10.5 Å². The van der Waals surface area contributed by atoms with Crippen LogP contribution in [0.15, 0.2) is 24.3 Å². The first-order valence-corrected chi connectivity index (χ1v) is 7.50. The molecule has 1 unspecified atom stereocenters. The third-order valence-electron chi connectivity index (χ3n) is 3.71. The van der Waals surface area contributed by atoms with Gasteiger partial charge in [-0.3, -0.25) is 4.79 Å². The van der Waals surface area contributed by atoms with E-state index < -0.39 is 0 Å². The van der Waals surface area contributed by atoms with Gasteiger partial charge in [-0.2, -0.15) is 0 Å². The van der Waals surface area contributed by atoms with Gasteiger partial charge < -0.3 is 15.4 Å². The van der Waals surface area contributed by atoms with Gasteiger partial charge in [0.1, 0.15) is 5.75 Å². The summed E-state index contributed by atoms with van der Waals surface area (Å²) in [6, 6.07) is 7.63. The summed E-state index contributed by atoms with van der Waals surface area (Å²) in [6.07, 6.45) is 4.19. The molecule has 1 aliphatic heterocycles. The number of nitrogens with two attached hydrogens (primary N) is 1. The number of carbonyl (C=O) groups excluding carboxylic acids is 1. The third-order valence-corrected chi connectivity index (χ3v) is 3.71. The zero-order chi connectivity index (χ0) is 14.4. The molecule has 1 aromatic carbocycles. The van der Waals surface area contributed by atoms with Crippen LogP contribution in [0, 0.1) is 0 Å². The Balaban J connectivity index is 0.00000220. The van der Waals surface area contributed by atoms with Crippen LogP contribution in [-0.2, 0) is 0 Å². The molecule has 4 nitrogen and oxygen atoms in total. The number of nitrogens with zero attached hydrogens (tertiary/aromatic N) is 1. The summed E-state index contributed by atoms with van der Waals surface area (Å²) < 4.78 is 5.59. The number of rotatable bonds is 5. The molecule has 0 radical (unpaired) electrons. The van der Waals surface area contributed by atoms with Crippen LogP contribution in [-0.4, -0.2) is 36.5 Å². The van der Waals surface area contributed by atoms with Crippen LogP contribution < -0.4 is 10.5 Å². The van der Waals surface area contributed by atoms with Crippen LogP contribution in [0.1, 0.15) is 43.0 Å². The number of halogens is 1. The summed E-state index contributed by atoms with van der Waals surface area (Å²) >= 11 is 0. The van der Waals surface area contributed by atoms with Crippen molar-refractivity contribution in [2.75, 3.05) is 19.7 Å². The van der Waals surface area contributed by atoms with Crippen molar-refractivity contribution in [1.29, 1.82) is 0 Å². The van der Waals surface area contributed by atoms with E-state index in [9.17, 15) is 4.79 Å². The van der Waals surface area contributed by atoms with Gasteiger partial charge in [-0.15, -0.1) is 12.4 Å². The van der Waals surface area contributed by atoms with E-state index in [0.29, 0.717) is 18.7 Å². The minimum absolute atomic E-state index is 0. The van der Waals surface area contributed by atoms with Crippen molar-refractivity contribution in [3.63, 3.8) is 0 Å². The van der Waals surface area contributed by atoms with Gasteiger partial charge in [0.2, 0.25) is 0 Å². The Morgan fingerprint density at radius 1 is 1.43 bits per heavy atom. The van der Waals surface area contributed by atoms with Crippen molar-refractivity contribution in [3.05, 3.63) is 29.8 Å². The maximum absolute atomic E-state index is 12.6. The van der Waals surface area contributed by atoms with Crippen molar-refractivity contribution >= 4 is 18.3 Å². The number of ether oxygens (including phenoxy) is 1. The van der Waals surface area contributed by atoms with E-state index in [2.05, 4.69) is 6.92 Å². The second-order valence-electron chi connectivity index (χ2n) is 5.26. The Morgan fingerprint density at radius 3 is 2.95 bits per heavy atom. The minimum Gasteiger partial charge on any atom is -0.494 e. The Bertz CT molecular complexity index is 454. The molecule has 0 saturated carbocycles. The summed E-state index contributed by atoms with van der Waals surface area (Å²) in [7, 11) is 0. The molecule has 1 atom stereocenters. The van der Waals surface area contributed by atoms with Crippen LogP contribution >= 0.6 is 12.4 Å². The van der Waals surface area contributed by atoms with Crippen molar-refractivity contribution < 1.29 is 9.53 Å². The fourth-order valence-electron chi connectivity index (χ4n) is 2.62. The van der Waals surface area contributed by atoms with E-state index >= 15 is 0 Å². The normalized spacial score (nSPS) is 18.0. The fourth-order valence-corrected chi connectivity index (χ4v) is 2.62. The average molecular weight is 313 g/mol. The predicted octanol–water partition coefficient (Wildman–Crippen LogP) is 2.85. The van der Waals surface area contributed by atoms with Crippen molar-refractivity contribution in [2.24, 2.45) is 5.73 Å². The van der Waals surface area contributed by atoms with Gasteiger partial charge in [-0.05, 0) is 43.9 Å². The van der Waals surface area contributed by atoms with Gasteiger partial charge in [0.15, 0.2) is 0 Å². The van der Waals surface area contributed by atoms with Gasteiger partial charge in [-0.1, -0.05) is 13.0 Å². The molecular weight excluding hydrogens is 288 g/mol. The van der Waals surface area contributed by atoms with E-state index in [-0.39, 0.29) is 24.4 Å². The smallest absolute Gasteiger partial charge is 0.254 e. The summed E-state index contributed by atoms with van der Waals surface area (Å²) in [4.78, 5) is 14.5. The van der Waals surface area contributed by atoms with Gasteiger partial charge >= 0.3 is 0 Å². The molecule has 118 valence electrons. The molecule has 0 bridgehead atoms. The number of hydrogen-bond donors (Lipinski definition) is 1. The molecule has 0 spiro atoms. The molecule has 1 amide bonds. The monoisotopic (exact) mass is 312 g/mol. The second-order valence-corrected chi connectivity index (χ2v) is 5.26. The molecule has 0 aromatic heterocycles. The Hall–Kier alpha value is -1.26. The molecular formula is C16H25ClN2O2. The van der Waals surface area contributed by atoms with E-state index in [1.165, 1.54) is 0 Å². The van der Waals surface area contributed by atoms with Crippen LogP contribution in [0.3, 0.4) is 0 Å². The largest absolute Gasteiger partial charge is 0.494 e. The average Bonchev–Trinajstić information content (AvgIpc) is 2.52. The molecule has 1 aromatic rings. The SMILES string of the molecule is CCCOc1cccc(C(=O)N2CCCCC2CN)c1.Cl. The topological polar surface area (TPSA) is 55.6 Å².